The summed E-state index contributed by atoms with van der Waals surface area (Å²) >= 11 is 0. The molecule has 3 atom stereocenters. The van der Waals surface area contributed by atoms with Crippen molar-refractivity contribution >= 4 is 0 Å². The SMILES string of the molecule is CC(C)(C)c1ccc2c(c1)C(C(O)[C@@H]1CCCN1)c1ccccc1-2. The summed E-state index contributed by atoms with van der Waals surface area (Å²) in [6, 6.07) is 15.6. The van der Waals surface area contributed by atoms with Gasteiger partial charge in [-0.1, -0.05) is 63.2 Å². The highest BCUT2D eigenvalue weighted by Gasteiger charge is 2.38. The van der Waals surface area contributed by atoms with Crippen LogP contribution >= 0.6 is 0 Å². The van der Waals surface area contributed by atoms with E-state index in [2.05, 4.69) is 68.6 Å². The van der Waals surface area contributed by atoms with E-state index in [-0.39, 0.29) is 23.5 Å². The van der Waals surface area contributed by atoms with Crippen molar-refractivity contribution in [3.63, 3.8) is 0 Å². The van der Waals surface area contributed by atoms with Gasteiger partial charge in [-0.05, 0) is 52.6 Å². The normalized spacial score (nSPS) is 23.8. The van der Waals surface area contributed by atoms with Gasteiger partial charge >= 0.3 is 0 Å². The van der Waals surface area contributed by atoms with Gasteiger partial charge < -0.3 is 10.4 Å². The van der Waals surface area contributed by atoms with Crippen molar-refractivity contribution in [1.29, 1.82) is 0 Å². The second-order valence-corrected chi connectivity index (χ2v) is 8.31. The third kappa shape index (κ3) is 2.49. The van der Waals surface area contributed by atoms with E-state index in [0.29, 0.717) is 0 Å². The Hall–Kier alpha value is -1.64. The van der Waals surface area contributed by atoms with Crippen LogP contribution in [0.5, 0.6) is 0 Å². The van der Waals surface area contributed by atoms with Gasteiger partial charge in [0.15, 0.2) is 0 Å². The van der Waals surface area contributed by atoms with Gasteiger partial charge in [-0.2, -0.15) is 0 Å². The molecule has 24 heavy (non-hydrogen) atoms. The lowest BCUT2D eigenvalue weighted by Gasteiger charge is -2.27. The summed E-state index contributed by atoms with van der Waals surface area (Å²) in [6.07, 6.45) is 1.85. The summed E-state index contributed by atoms with van der Waals surface area (Å²) in [5.41, 5.74) is 6.61. The van der Waals surface area contributed by atoms with Gasteiger partial charge in [-0.3, -0.25) is 0 Å². The van der Waals surface area contributed by atoms with Crippen molar-refractivity contribution < 1.29 is 5.11 Å². The van der Waals surface area contributed by atoms with Gasteiger partial charge in [0.1, 0.15) is 0 Å². The fourth-order valence-corrected chi connectivity index (χ4v) is 4.32. The van der Waals surface area contributed by atoms with Crippen LogP contribution in [-0.2, 0) is 5.41 Å². The molecular weight excluding hydrogens is 294 g/mol. The first-order valence-corrected chi connectivity index (χ1v) is 9.12. The van der Waals surface area contributed by atoms with Gasteiger partial charge in [0, 0.05) is 12.0 Å². The molecule has 1 saturated heterocycles. The second kappa shape index (κ2) is 5.72. The molecule has 4 rings (SSSR count). The summed E-state index contributed by atoms with van der Waals surface area (Å²) in [6.45, 7) is 7.77. The van der Waals surface area contributed by atoms with Crippen molar-refractivity contribution in [1.82, 2.24) is 5.32 Å². The highest BCUT2D eigenvalue weighted by molar-refractivity contribution is 5.79. The van der Waals surface area contributed by atoms with E-state index in [1.807, 2.05) is 0 Å². The van der Waals surface area contributed by atoms with Crippen molar-refractivity contribution in [2.24, 2.45) is 0 Å². The number of hydrogen-bond donors (Lipinski definition) is 2. The Morgan fingerprint density at radius 3 is 2.50 bits per heavy atom. The maximum Gasteiger partial charge on any atom is 0.0802 e. The average Bonchev–Trinajstić information content (AvgIpc) is 3.19. The first kappa shape index (κ1) is 15.9. The van der Waals surface area contributed by atoms with Crippen molar-refractivity contribution in [2.45, 2.75) is 57.1 Å². The number of benzene rings is 2. The van der Waals surface area contributed by atoms with Crippen LogP contribution in [0.3, 0.4) is 0 Å². The Balaban J connectivity index is 1.84. The van der Waals surface area contributed by atoms with Crippen molar-refractivity contribution in [2.75, 3.05) is 6.54 Å². The van der Waals surface area contributed by atoms with Gasteiger partial charge in [0.2, 0.25) is 0 Å². The lowest BCUT2D eigenvalue weighted by Crippen LogP contribution is -2.38. The zero-order valence-corrected chi connectivity index (χ0v) is 14.8. The van der Waals surface area contributed by atoms with Gasteiger partial charge in [0.05, 0.1) is 6.10 Å². The second-order valence-electron chi connectivity index (χ2n) is 8.31. The summed E-state index contributed by atoms with van der Waals surface area (Å²) in [5.74, 6) is 0.0779. The Kier molecular flexibility index (Phi) is 3.78. The minimum Gasteiger partial charge on any atom is -0.391 e. The maximum absolute atomic E-state index is 11.2. The molecule has 0 bridgehead atoms. The molecule has 2 N–H and O–H groups in total. The molecule has 2 nitrogen and oxygen atoms in total. The van der Waals surface area contributed by atoms with Gasteiger partial charge in [0.25, 0.3) is 0 Å². The predicted molar refractivity (Wildman–Crippen MR) is 99.5 cm³/mol. The van der Waals surface area contributed by atoms with Crippen LogP contribution in [0.2, 0.25) is 0 Å². The van der Waals surface area contributed by atoms with Crippen LogP contribution in [0.1, 0.15) is 56.2 Å². The molecule has 1 fully saturated rings. The lowest BCUT2D eigenvalue weighted by molar-refractivity contribution is 0.120. The first-order valence-electron chi connectivity index (χ1n) is 9.12. The standard InChI is InChI=1S/C22H27NO/c1-22(2,3)14-10-11-16-15-7-4-5-8-17(15)20(18(16)13-14)21(24)19-9-6-12-23-19/h4-5,7-8,10-11,13,19-21,23-24H,6,9,12H2,1-3H3/t19-,20?,21?/m0/s1. The molecule has 2 heteroatoms. The van der Waals surface area contributed by atoms with Gasteiger partial charge in [-0.15, -0.1) is 0 Å². The fraction of sp³-hybridized carbons (Fsp3) is 0.455. The molecule has 126 valence electrons. The number of rotatable bonds is 2. The molecule has 1 aliphatic heterocycles. The third-order valence-corrected chi connectivity index (χ3v) is 5.69. The average molecular weight is 321 g/mol. The zero-order chi connectivity index (χ0) is 16.9. The molecular formula is C22H27NO. The highest BCUT2D eigenvalue weighted by Crippen LogP contribution is 2.48. The van der Waals surface area contributed by atoms with Crippen molar-refractivity contribution in [3.05, 3.63) is 59.2 Å². The topological polar surface area (TPSA) is 32.3 Å². The minimum absolute atomic E-state index is 0.0779. The number of aliphatic hydroxyl groups is 1. The number of fused-ring (bicyclic) bond motifs is 3. The largest absolute Gasteiger partial charge is 0.391 e. The molecule has 0 radical (unpaired) electrons. The molecule has 2 aliphatic rings. The van der Waals surface area contributed by atoms with Crippen LogP contribution in [0.25, 0.3) is 11.1 Å². The molecule has 0 spiro atoms. The number of hydrogen-bond acceptors (Lipinski definition) is 2. The zero-order valence-electron chi connectivity index (χ0n) is 14.8. The number of aliphatic hydroxyl groups excluding tert-OH is 1. The molecule has 1 heterocycles. The van der Waals surface area contributed by atoms with Crippen LogP contribution in [0.15, 0.2) is 42.5 Å². The quantitative estimate of drug-likeness (QED) is 0.868. The van der Waals surface area contributed by atoms with E-state index < -0.39 is 0 Å². The van der Waals surface area contributed by atoms with Gasteiger partial charge in [-0.25, -0.2) is 0 Å². The number of nitrogens with one attached hydrogen (secondary N) is 1. The summed E-state index contributed by atoms with van der Waals surface area (Å²) < 4.78 is 0. The first-order chi connectivity index (χ1) is 11.5. The van der Waals surface area contributed by atoms with Crippen LogP contribution in [0, 0.1) is 0 Å². The fourth-order valence-electron chi connectivity index (χ4n) is 4.32. The van der Waals surface area contributed by atoms with E-state index >= 15 is 0 Å². The van der Waals surface area contributed by atoms with E-state index in [4.69, 9.17) is 0 Å². The van der Waals surface area contributed by atoms with Crippen LogP contribution in [-0.4, -0.2) is 23.8 Å². The highest BCUT2D eigenvalue weighted by atomic mass is 16.3. The van der Waals surface area contributed by atoms with Crippen LogP contribution in [0.4, 0.5) is 0 Å². The lowest BCUT2D eigenvalue weighted by atomic mass is 9.82. The Bertz CT molecular complexity index is 753. The molecule has 2 aromatic carbocycles. The molecule has 2 aromatic rings. The third-order valence-electron chi connectivity index (χ3n) is 5.69. The monoisotopic (exact) mass is 321 g/mol. The molecule has 1 aliphatic carbocycles. The molecule has 0 aromatic heterocycles. The molecule has 2 unspecified atom stereocenters. The minimum atomic E-state index is -0.370. The summed E-state index contributed by atoms with van der Waals surface area (Å²) in [7, 11) is 0. The Morgan fingerprint density at radius 2 is 1.79 bits per heavy atom. The predicted octanol–water partition coefficient (Wildman–Crippen LogP) is 4.21. The molecule has 0 saturated carbocycles. The van der Waals surface area contributed by atoms with E-state index in [9.17, 15) is 5.11 Å². The smallest absolute Gasteiger partial charge is 0.0802 e. The maximum atomic E-state index is 11.2. The Morgan fingerprint density at radius 1 is 1.04 bits per heavy atom. The summed E-state index contributed by atoms with van der Waals surface area (Å²) in [5, 5.41) is 14.7. The summed E-state index contributed by atoms with van der Waals surface area (Å²) in [4.78, 5) is 0. The van der Waals surface area contributed by atoms with Crippen molar-refractivity contribution in [3.8, 4) is 11.1 Å². The van der Waals surface area contributed by atoms with Crippen LogP contribution < -0.4 is 5.32 Å². The van der Waals surface area contributed by atoms with E-state index in [1.54, 1.807) is 0 Å². The van der Waals surface area contributed by atoms with E-state index in [0.717, 1.165) is 19.4 Å². The molecule has 0 amide bonds. The Labute approximate surface area is 144 Å². The van der Waals surface area contributed by atoms with E-state index in [1.165, 1.54) is 27.8 Å².